The number of nitrogens with zero attached hydrogens (tertiary/aromatic N) is 2. The molecule has 0 radical (unpaired) electrons. The van der Waals surface area contributed by atoms with Gasteiger partial charge in [-0.15, -0.1) is 0 Å². The van der Waals surface area contributed by atoms with Crippen molar-refractivity contribution in [2.24, 2.45) is 0 Å². The van der Waals surface area contributed by atoms with Gasteiger partial charge in [-0.3, -0.25) is 4.79 Å². The second-order valence-corrected chi connectivity index (χ2v) is 4.18. The van der Waals surface area contributed by atoms with Crippen LogP contribution in [0.2, 0.25) is 0 Å². The Labute approximate surface area is 99.4 Å². The highest BCUT2D eigenvalue weighted by Crippen LogP contribution is 2.09. The van der Waals surface area contributed by atoms with E-state index in [9.17, 15) is 14.4 Å². The van der Waals surface area contributed by atoms with E-state index in [4.69, 9.17) is 5.11 Å². The first-order chi connectivity index (χ1) is 7.84. The highest BCUT2D eigenvalue weighted by atomic mass is 16.4. The number of rotatable bonds is 3. The molecular weight excluding hydrogens is 226 g/mol. The zero-order valence-corrected chi connectivity index (χ0v) is 10.1. The summed E-state index contributed by atoms with van der Waals surface area (Å²) in [7, 11) is 3.05. The number of likely N-dealkylation sites (N-methyl/N-ethyl adjacent to an activating group) is 2. The summed E-state index contributed by atoms with van der Waals surface area (Å²) >= 11 is 0. The molecule has 1 heterocycles. The Balaban J connectivity index is 2.55. The average molecular weight is 243 g/mol. The van der Waals surface area contributed by atoms with Gasteiger partial charge in [0.1, 0.15) is 12.1 Å². The molecule has 1 aliphatic heterocycles. The molecule has 7 nitrogen and oxygen atoms in total. The van der Waals surface area contributed by atoms with Crippen LogP contribution < -0.4 is 5.32 Å². The number of nitrogens with one attached hydrogen (secondary N) is 1. The molecule has 0 bridgehead atoms. The fraction of sp³-hybridized carbons (Fsp3) is 0.700. The van der Waals surface area contributed by atoms with Gasteiger partial charge in [0.25, 0.3) is 0 Å². The summed E-state index contributed by atoms with van der Waals surface area (Å²) < 4.78 is 0. The molecule has 0 saturated carbocycles. The third-order valence-corrected chi connectivity index (χ3v) is 2.98. The summed E-state index contributed by atoms with van der Waals surface area (Å²) in [6, 6.07) is -2.02. The fourth-order valence-corrected chi connectivity index (χ4v) is 1.55. The maximum atomic E-state index is 11.7. The maximum absolute atomic E-state index is 11.7. The van der Waals surface area contributed by atoms with E-state index in [1.165, 1.54) is 18.9 Å². The quantitative estimate of drug-likeness (QED) is 0.688. The van der Waals surface area contributed by atoms with Crippen LogP contribution in [0.3, 0.4) is 0 Å². The number of carbonyl (C=O) groups is 3. The zero-order valence-electron chi connectivity index (χ0n) is 10.1. The van der Waals surface area contributed by atoms with Crippen molar-refractivity contribution < 1.29 is 19.5 Å². The number of carboxylic acid groups (broad SMARTS) is 1. The van der Waals surface area contributed by atoms with Gasteiger partial charge in [-0.25, -0.2) is 9.59 Å². The minimum atomic E-state index is -1.09. The van der Waals surface area contributed by atoms with Crippen molar-refractivity contribution in [2.75, 3.05) is 20.6 Å². The fourth-order valence-electron chi connectivity index (χ4n) is 1.55. The van der Waals surface area contributed by atoms with Crippen molar-refractivity contribution in [3.63, 3.8) is 0 Å². The molecule has 7 heteroatoms. The van der Waals surface area contributed by atoms with Crippen LogP contribution in [0.25, 0.3) is 0 Å². The van der Waals surface area contributed by atoms with E-state index >= 15 is 0 Å². The van der Waals surface area contributed by atoms with E-state index in [-0.39, 0.29) is 5.91 Å². The number of hydrogen-bond donors (Lipinski definition) is 2. The van der Waals surface area contributed by atoms with Crippen LogP contribution in [0.15, 0.2) is 0 Å². The standard InChI is InChI=1S/C10H17N3O4/c1-6(9(15)16)13(3)10(17)11-7-4-5-12(2)8(7)14/h6-7H,4-5H2,1-3H3,(H,11,17)(H,15,16). The van der Waals surface area contributed by atoms with Gasteiger partial charge in [0.15, 0.2) is 0 Å². The van der Waals surface area contributed by atoms with Crippen molar-refractivity contribution in [1.82, 2.24) is 15.1 Å². The summed E-state index contributed by atoms with van der Waals surface area (Å²) in [6.07, 6.45) is 0.552. The van der Waals surface area contributed by atoms with Gasteiger partial charge in [-0.2, -0.15) is 0 Å². The monoisotopic (exact) mass is 243 g/mol. The van der Waals surface area contributed by atoms with Crippen LogP contribution in [0, 0.1) is 0 Å². The molecule has 0 spiro atoms. The highest BCUT2D eigenvalue weighted by Gasteiger charge is 2.32. The first kappa shape index (κ1) is 13.3. The van der Waals surface area contributed by atoms with Gasteiger partial charge in [0, 0.05) is 20.6 Å². The minimum absolute atomic E-state index is 0.144. The van der Waals surface area contributed by atoms with E-state index in [2.05, 4.69) is 5.32 Å². The molecule has 17 heavy (non-hydrogen) atoms. The molecule has 3 amide bonds. The number of carboxylic acids is 1. The third-order valence-electron chi connectivity index (χ3n) is 2.98. The molecule has 0 aromatic carbocycles. The van der Waals surface area contributed by atoms with Crippen molar-refractivity contribution in [3.05, 3.63) is 0 Å². The van der Waals surface area contributed by atoms with E-state index in [0.29, 0.717) is 13.0 Å². The number of likely N-dealkylation sites (tertiary alicyclic amines) is 1. The van der Waals surface area contributed by atoms with Crippen molar-refractivity contribution in [1.29, 1.82) is 0 Å². The predicted molar refractivity (Wildman–Crippen MR) is 59.4 cm³/mol. The van der Waals surface area contributed by atoms with E-state index in [1.807, 2.05) is 0 Å². The predicted octanol–water partition coefficient (Wildman–Crippen LogP) is -0.668. The molecule has 2 atom stereocenters. The third kappa shape index (κ3) is 2.86. The van der Waals surface area contributed by atoms with Crippen LogP contribution in [0.4, 0.5) is 4.79 Å². The average Bonchev–Trinajstić information content (AvgIpc) is 2.58. The Kier molecular flexibility index (Phi) is 3.93. The second kappa shape index (κ2) is 5.03. The number of carbonyl (C=O) groups excluding carboxylic acids is 2. The Bertz CT molecular complexity index is 344. The van der Waals surface area contributed by atoms with Crippen LogP contribution in [0.1, 0.15) is 13.3 Å². The molecular formula is C10H17N3O4. The van der Waals surface area contributed by atoms with E-state index in [0.717, 1.165) is 4.90 Å². The van der Waals surface area contributed by atoms with Crippen LogP contribution >= 0.6 is 0 Å². The Morgan fingerprint density at radius 2 is 2.18 bits per heavy atom. The molecule has 0 aliphatic carbocycles. The lowest BCUT2D eigenvalue weighted by Gasteiger charge is -2.23. The van der Waals surface area contributed by atoms with Gasteiger partial charge < -0.3 is 20.2 Å². The van der Waals surface area contributed by atoms with Gasteiger partial charge >= 0.3 is 12.0 Å². The molecule has 1 saturated heterocycles. The molecule has 1 fully saturated rings. The first-order valence-corrected chi connectivity index (χ1v) is 5.35. The molecule has 1 rings (SSSR count). The maximum Gasteiger partial charge on any atom is 0.326 e. The lowest BCUT2D eigenvalue weighted by molar-refractivity contribution is -0.141. The summed E-state index contributed by atoms with van der Waals surface area (Å²) in [4.78, 5) is 36.5. The van der Waals surface area contributed by atoms with Crippen LogP contribution in [-0.2, 0) is 9.59 Å². The Morgan fingerprint density at radius 3 is 2.59 bits per heavy atom. The Morgan fingerprint density at radius 1 is 1.59 bits per heavy atom. The summed E-state index contributed by atoms with van der Waals surface area (Å²) in [5, 5.41) is 11.3. The summed E-state index contributed by atoms with van der Waals surface area (Å²) in [6.45, 7) is 2.01. The smallest absolute Gasteiger partial charge is 0.326 e. The number of hydrogen-bond acceptors (Lipinski definition) is 3. The van der Waals surface area contributed by atoms with Gasteiger partial charge in [0.2, 0.25) is 5.91 Å². The molecule has 0 aromatic heterocycles. The molecule has 0 aromatic rings. The first-order valence-electron chi connectivity index (χ1n) is 5.35. The van der Waals surface area contributed by atoms with E-state index in [1.54, 1.807) is 7.05 Å². The van der Waals surface area contributed by atoms with Crippen molar-refractivity contribution in [2.45, 2.75) is 25.4 Å². The zero-order chi connectivity index (χ0) is 13.2. The topological polar surface area (TPSA) is 89.9 Å². The van der Waals surface area contributed by atoms with Crippen LogP contribution in [0.5, 0.6) is 0 Å². The molecule has 96 valence electrons. The molecule has 1 aliphatic rings. The summed E-state index contributed by atoms with van der Waals surface area (Å²) in [5.41, 5.74) is 0. The van der Waals surface area contributed by atoms with Gasteiger partial charge in [-0.05, 0) is 13.3 Å². The van der Waals surface area contributed by atoms with Crippen molar-refractivity contribution in [3.8, 4) is 0 Å². The largest absolute Gasteiger partial charge is 0.480 e. The lowest BCUT2D eigenvalue weighted by atomic mass is 10.2. The van der Waals surface area contributed by atoms with Gasteiger partial charge in [-0.1, -0.05) is 0 Å². The highest BCUT2D eigenvalue weighted by molar-refractivity contribution is 5.89. The number of amides is 3. The normalized spacial score (nSPS) is 21.2. The summed E-state index contributed by atoms with van der Waals surface area (Å²) in [5.74, 6) is -1.23. The lowest BCUT2D eigenvalue weighted by Crippen LogP contribution is -2.50. The minimum Gasteiger partial charge on any atom is -0.480 e. The molecule has 2 N–H and O–H groups in total. The second-order valence-electron chi connectivity index (χ2n) is 4.18. The number of urea groups is 1. The SMILES string of the molecule is CC(C(=O)O)N(C)C(=O)NC1CCN(C)C1=O. The Hall–Kier alpha value is -1.79. The molecule has 2 unspecified atom stereocenters. The van der Waals surface area contributed by atoms with E-state index < -0.39 is 24.1 Å². The van der Waals surface area contributed by atoms with Gasteiger partial charge in [0.05, 0.1) is 0 Å². The van der Waals surface area contributed by atoms with Crippen LogP contribution in [-0.4, -0.2) is 65.5 Å². The van der Waals surface area contributed by atoms with Crippen molar-refractivity contribution >= 4 is 17.9 Å². The number of aliphatic carboxylic acids is 1.